The number of likely N-dealkylation sites (N-methyl/N-ethyl adjacent to an activating group) is 1. The van der Waals surface area contributed by atoms with Gasteiger partial charge in [0.15, 0.2) is 11.5 Å². The van der Waals surface area contributed by atoms with E-state index < -0.39 is 5.60 Å². The molecule has 4 aliphatic carbocycles. The van der Waals surface area contributed by atoms with E-state index in [1.54, 1.807) is 21.1 Å². The van der Waals surface area contributed by atoms with E-state index >= 15 is 0 Å². The molecule has 2 aliphatic heterocycles. The van der Waals surface area contributed by atoms with Gasteiger partial charge in [-0.3, -0.25) is 4.79 Å². The number of rotatable bonds is 3. The topological polar surface area (TPSA) is 48.0 Å². The number of carbonyl (C=O) groups excluding carboxylic acids is 1. The van der Waals surface area contributed by atoms with Crippen molar-refractivity contribution >= 4 is 5.78 Å². The van der Waals surface area contributed by atoms with Gasteiger partial charge in [-0.05, 0) is 51.4 Å². The summed E-state index contributed by atoms with van der Waals surface area (Å²) in [5, 5.41) is 0. The van der Waals surface area contributed by atoms with Gasteiger partial charge < -0.3 is 19.1 Å². The van der Waals surface area contributed by atoms with Crippen molar-refractivity contribution in [2.45, 2.75) is 49.3 Å². The first kappa shape index (κ1) is 17.0. The predicted octanol–water partition coefficient (Wildman–Crippen LogP) is 2.50. The highest BCUT2D eigenvalue weighted by molar-refractivity contribution is 5.82. The molecule has 0 radical (unpaired) electrons. The number of hydrogen-bond acceptors (Lipinski definition) is 5. The second-order valence-electron chi connectivity index (χ2n) is 9.35. The van der Waals surface area contributed by atoms with E-state index in [2.05, 4.69) is 30.2 Å². The fourth-order valence-electron chi connectivity index (χ4n) is 7.67. The van der Waals surface area contributed by atoms with Crippen LogP contribution >= 0.6 is 0 Å². The van der Waals surface area contributed by atoms with Crippen molar-refractivity contribution < 1.29 is 19.0 Å². The number of ether oxygens (including phenoxy) is 3. The van der Waals surface area contributed by atoms with Crippen LogP contribution in [-0.4, -0.2) is 56.2 Å². The predicted molar refractivity (Wildman–Crippen MR) is 104 cm³/mol. The van der Waals surface area contributed by atoms with Gasteiger partial charge in [-0.1, -0.05) is 18.2 Å². The fraction of sp³-hybridized carbons (Fsp3) is 0.609. The molecule has 7 rings (SSSR count). The first-order valence-electron chi connectivity index (χ1n) is 10.3. The number of ketones is 1. The van der Waals surface area contributed by atoms with Crippen molar-refractivity contribution in [1.82, 2.24) is 4.90 Å². The lowest BCUT2D eigenvalue weighted by Crippen LogP contribution is -2.79. The van der Waals surface area contributed by atoms with E-state index in [-0.39, 0.29) is 28.6 Å². The first-order valence-corrected chi connectivity index (χ1v) is 10.3. The Kier molecular flexibility index (Phi) is 3.05. The van der Waals surface area contributed by atoms with Crippen molar-refractivity contribution in [2.24, 2.45) is 11.3 Å². The second-order valence-corrected chi connectivity index (χ2v) is 9.35. The van der Waals surface area contributed by atoms with Gasteiger partial charge in [0, 0.05) is 24.1 Å². The largest absolute Gasteiger partial charge is 0.493 e. The summed E-state index contributed by atoms with van der Waals surface area (Å²) in [5.74, 6) is 1.68. The number of nitrogens with zero attached hydrogens (tertiary/aromatic N) is 1. The van der Waals surface area contributed by atoms with Gasteiger partial charge >= 0.3 is 0 Å². The molecule has 5 nitrogen and oxygen atoms in total. The zero-order valence-electron chi connectivity index (χ0n) is 17.0. The minimum atomic E-state index is -0.716. The van der Waals surface area contributed by atoms with Crippen LogP contribution in [0.2, 0.25) is 0 Å². The number of methoxy groups -OCH3 is 2. The maximum Gasteiger partial charge on any atom is 0.166 e. The molecule has 4 bridgehead atoms. The number of Topliss-reactive ketones (excluding diaryl/α,β-unsaturated/α-hetero) is 1. The van der Waals surface area contributed by atoms with Gasteiger partial charge in [0.1, 0.15) is 17.5 Å². The average molecular weight is 381 g/mol. The maximum absolute atomic E-state index is 12.8. The lowest BCUT2D eigenvalue weighted by molar-refractivity contribution is -0.212. The van der Waals surface area contributed by atoms with Crippen LogP contribution in [0.5, 0.6) is 11.5 Å². The second kappa shape index (κ2) is 5.00. The highest BCUT2D eigenvalue weighted by Crippen LogP contribution is 2.74. The van der Waals surface area contributed by atoms with E-state index in [0.717, 1.165) is 37.3 Å². The monoisotopic (exact) mass is 381 g/mol. The molecule has 1 aromatic carbocycles. The van der Waals surface area contributed by atoms with Crippen molar-refractivity contribution in [3.05, 3.63) is 35.4 Å². The van der Waals surface area contributed by atoms with Crippen LogP contribution in [0.25, 0.3) is 0 Å². The van der Waals surface area contributed by atoms with Crippen molar-refractivity contribution in [2.75, 3.05) is 27.8 Å². The van der Waals surface area contributed by atoms with Crippen LogP contribution in [-0.2, 0) is 21.4 Å². The molecule has 1 saturated carbocycles. The van der Waals surface area contributed by atoms with Crippen LogP contribution in [0.3, 0.4) is 0 Å². The molecule has 2 spiro atoms. The zero-order valence-corrected chi connectivity index (χ0v) is 17.0. The van der Waals surface area contributed by atoms with E-state index in [1.807, 2.05) is 6.07 Å². The Morgan fingerprint density at radius 2 is 2.11 bits per heavy atom. The summed E-state index contributed by atoms with van der Waals surface area (Å²) < 4.78 is 18.7. The number of hydrogen-bond donors (Lipinski definition) is 0. The molecule has 6 aliphatic rings. The molecule has 6 atom stereocenters. The fourth-order valence-corrected chi connectivity index (χ4v) is 7.67. The van der Waals surface area contributed by atoms with E-state index in [4.69, 9.17) is 14.2 Å². The van der Waals surface area contributed by atoms with Gasteiger partial charge in [-0.25, -0.2) is 0 Å². The first-order chi connectivity index (χ1) is 13.4. The van der Waals surface area contributed by atoms with Crippen molar-refractivity contribution in [3.63, 3.8) is 0 Å². The average Bonchev–Trinajstić information content (AvgIpc) is 3.07. The van der Waals surface area contributed by atoms with Crippen molar-refractivity contribution in [3.8, 4) is 11.5 Å². The van der Waals surface area contributed by atoms with Gasteiger partial charge in [0.25, 0.3) is 0 Å². The molecular formula is C23H27NO4. The molecule has 1 aromatic rings. The Labute approximate surface area is 165 Å². The molecule has 0 amide bonds. The molecule has 2 fully saturated rings. The molecule has 0 N–H and O–H groups in total. The molecule has 5 heteroatoms. The molecule has 0 aromatic heterocycles. The SMILES string of the molecule is COc1ccc2c3c1O[C@H]1[C@@]4(OC)C=C[C@@]5(C[C@@H]4C(C)=O)C(C2)N(C)CC[C@]315. The molecule has 2 heterocycles. The highest BCUT2D eigenvalue weighted by Gasteiger charge is 2.79. The number of carbonyl (C=O) groups is 1. The summed E-state index contributed by atoms with van der Waals surface area (Å²) in [6, 6.07) is 4.62. The normalized spacial score (nSPS) is 44.2. The summed E-state index contributed by atoms with van der Waals surface area (Å²) in [6.45, 7) is 2.74. The lowest BCUT2D eigenvalue weighted by atomic mass is 9.37. The number of piperidine rings is 1. The van der Waals surface area contributed by atoms with Crippen LogP contribution in [0.1, 0.15) is 30.9 Å². The summed E-state index contributed by atoms with van der Waals surface area (Å²) >= 11 is 0. The van der Waals surface area contributed by atoms with Crippen LogP contribution in [0.15, 0.2) is 24.3 Å². The number of likely N-dealkylation sites (tertiary alicyclic amines) is 1. The van der Waals surface area contributed by atoms with E-state index in [1.165, 1.54) is 11.1 Å². The third-order valence-corrected chi connectivity index (χ3v) is 8.77. The Balaban J connectivity index is 1.72. The van der Waals surface area contributed by atoms with E-state index in [9.17, 15) is 4.79 Å². The molecule has 28 heavy (non-hydrogen) atoms. The zero-order chi connectivity index (χ0) is 19.5. The maximum atomic E-state index is 12.8. The molecular weight excluding hydrogens is 354 g/mol. The summed E-state index contributed by atoms with van der Waals surface area (Å²) in [6.07, 6.45) is 7.19. The Bertz CT molecular complexity index is 941. The standard InChI is InChI=1S/C23H27NO4/c1-13(25)15-12-21-7-8-23(15,27-4)20-22(21)9-10-24(2)17(21)11-14-5-6-16(26-3)19(28-20)18(14)22/h5-8,15,17,20H,9-12H2,1-4H3/t15-,17?,20-,21-,22+,23-/m1/s1. The Morgan fingerprint density at radius 1 is 1.29 bits per heavy atom. The van der Waals surface area contributed by atoms with Gasteiger partial charge in [0.05, 0.1) is 18.4 Å². The Hall–Kier alpha value is -1.85. The third kappa shape index (κ3) is 1.49. The van der Waals surface area contributed by atoms with Crippen molar-refractivity contribution in [1.29, 1.82) is 0 Å². The van der Waals surface area contributed by atoms with E-state index in [0.29, 0.717) is 6.04 Å². The lowest BCUT2D eigenvalue weighted by Gasteiger charge is -2.70. The molecule has 1 unspecified atom stereocenters. The van der Waals surface area contributed by atoms with Crippen LogP contribution in [0, 0.1) is 11.3 Å². The highest BCUT2D eigenvalue weighted by atomic mass is 16.6. The minimum Gasteiger partial charge on any atom is -0.493 e. The Morgan fingerprint density at radius 3 is 2.82 bits per heavy atom. The summed E-state index contributed by atoms with van der Waals surface area (Å²) in [5.41, 5.74) is 1.72. The van der Waals surface area contributed by atoms with Crippen LogP contribution in [0.4, 0.5) is 0 Å². The molecule has 148 valence electrons. The summed E-state index contributed by atoms with van der Waals surface area (Å²) in [4.78, 5) is 15.3. The molecule has 1 saturated heterocycles. The van der Waals surface area contributed by atoms with Gasteiger partial charge in [0.2, 0.25) is 0 Å². The van der Waals surface area contributed by atoms with Gasteiger partial charge in [-0.15, -0.1) is 0 Å². The number of benzene rings is 1. The minimum absolute atomic E-state index is 0.105. The quantitative estimate of drug-likeness (QED) is 0.753. The third-order valence-electron chi connectivity index (χ3n) is 8.77. The smallest absolute Gasteiger partial charge is 0.166 e. The van der Waals surface area contributed by atoms with Crippen LogP contribution < -0.4 is 9.47 Å². The summed E-state index contributed by atoms with van der Waals surface area (Å²) in [7, 11) is 5.67. The number of fused-ring (bicyclic) bond motifs is 1. The van der Waals surface area contributed by atoms with Gasteiger partial charge in [-0.2, -0.15) is 0 Å².